The highest BCUT2D eigenvalue weighted by molar-refractivity contribution is 5.83. The zero-order chi connectivity index (χ0) is 17.6. The summed E-state index contributed by atoms with van der Waals surface area (Å²) in [6.07, 6.45) is 6.58. The van der Waals surface area contributed by atoms with Crippen molar-refractivity contribution in [3.05, 3.63) is 41.3 Å². The second-order valence-electron chi connectivity index (χ2n) is 7.06. The van der Waals surface area contributed by atoms with Crippen LogP contribution in [0.4, 0.5) is 0 Å². The Balaban J connectivity index is 1.56. The lowest BCUT2D eigenvalue weighted by molar-refractivity contribution is -0.133. The van der Waals surface area contributed by atoms with Crippen molar-refractivity contribution in [2.75, 3.05) is 13.7 Å². The summed E-state index contributed by atoms with van der Waals surface area (Å²) >= 11 is 0. The molecule has 0 spiro atoms. The van der Waals surface area contributed by atoms with Gasteiger partial charge in [0.1, 0.15) is 0 Å². The van der Waals surface area contributed by atoms with Gasteiger partial charge in [-0.15, -0.1) is 0 Å². The topological polar surface area (TPSA) is 60.2 Å². The summed E-state index contributed by atoms with van der Waals surface area (Å²) < 4.78 is 7.32. The SMILES string of the molecule is COc1c([C@@H]2CCCN2C(=O)[C@@H]2C[C@@H]2c2cccnc2)c(C)nn1C. The predicted octanol–water partition coefficient (Wildman–Crippen LogP) is 2.60. The van der Waals surface area contributed by atoms with Gasteiger partial charge in [0.2, 0.25) is 11.8 Å². The van der Waals surface area contributed by atoms with E-state index in [4.69, 9.17) is 4.74 Å². The van der Waals surface area contributed by atoms with Gasteiger partial charge in [0, 0.05) is 31.9 Å². The number of hydrogen-bond donors (Lipinski definition) is 0. The second kappa shape index (κ2) is 6.17. The summed E-state index contributed by atoms with van der Waals surface area (Å²) in [7, 11) is 3.55. The Morgan fingerprint density at radius 1 is 1.40 bits per heavy atom. The van der Waals surface area contributed by atoms with Gasteiger partial charge in [-0.3, -0.25) is 9.78 Å². The van der Waals surface area contributed by atoms with E-state index in [1.54, 1.807) is 18.0 Å². The molecule has 0 aromatic carbocycles. The monoisotopic (exact) mass is 340 g/mol. The molecule has 6 heteroatoms. The Morgan fingerprint density at radius 3 is 2.96 bits per heavy atom. The van der Waals surface area contributed by atoms with Crippen LogP contribution >= 0.6 is 0 Å². The van der Waals surface area contributed by atoms with Gasteiger partial charge in [-0.25, -0.2) is 4.68 Å². The number of ether oxygens (including phenoxy) is 1. The van der Waals surface area contributed by atoms with E-state index in [1.807, 2.05) is 31.1 Å². The van der Waals surface area contributed by atoms with Crippen LogP contribution in [0.25, 0.3) is 0 Å². The first-order chi connectivity index (χ1) is 12.1. The largest absolute Gasteiger partial charge is 0.481 e. The van der Waals surface area contributed by atoms with Crippen molar-refractivity contribution in [2.45, 2.75) is 38.1 Å². The van der Waals surface area contributed by atoms with Gasteiger partial charge in [-0.2, -0.15) is 5.10 Å². The maximum atomic E-state index is 13.1. The summed E-state index contributed by atoms with van der Waals surface area (Å²) in [6.45, 7) is 2.81. The van der Waals surface area contributed by atoms with Crippen LogP contribution in [0.3, 0.4) is 0 Å². The first kappa shape index (κ1) is 16.1. The summed E-state index contributed by atoms with van der Waals surface area (Å²) in [5, 5.41) is 4.49. The molecule has 3 heterocycles. The van der Waals surface area contributed by atoms with E-state index in [2.05, 4.69) is 16.1 Å². The minimum absolute atomic E-state index is 0.0753. The van der Waals surface area contributed by atoms with Gasteiger partial charge in [-0.1, -0.05) is 6.07 Å². The van der Waals surface area contributed by atoms with Crippen LogP contribution in [-0.4, -0.2) is 39.2 Å². The summed E-state index contributed by atoms with van der Waals surface area (Å²) in [4.78, 5) is 19.4. The van der Waals surface area contributed by atoms with Gasteiger partial charge < -0.3 is 9.64 Å². The molecule has 0 N–H and O–H groups in total. The smallest absolute Gasteiger partial charge is 0.226 e. The molecular weight excluding hydrogens is 316 g/mol. The molecule has 1 aliphatic heterocycles. The maximum absolute atomic E-state index is 13.1. The molecule has 0 unspecified atom stereocenters. The molecule has 2 aromatic rings. The number of nitrogens with zero attached hydrogens (tertiary/aromatic N) is 4. The average molecular weight is 340 g/mol. The third-order valence-corrected chi connectivity index (χ3v) is 5.50. The molecule has 132 valence electrons. The lowest BCUT2D eigenvalue weighted by Crippen LogP contribution is -2.32. The standard InChI is InChI=1S/C19H24N4O2/c1-12-17(19(25-3)22(2)21-12)16-7-5-9-23(16)18(24)15-10-14(15)13-6-4-8-20-11-13/h4,6,8,11,14-16H,5,7,9-10H2,1-3H3/t14-,15-,16+/m1/s1. The molecule has 6 nitrogen and oxygen atoms in total. The highest BCUT2D eigenvalue weighted by Gasteiger charge is 2.48. The van der Waals surface area contributed by atoms with Crippen molar-refractivity contribution in [1.82, 2.24) is 19.7 Å². The molecule has 2 aliphatic rings. The van der Waals surface area contributed by atoms with Crippen LogP contribution in [-0.2, 0) is 11.8 Å². The van der Waals surface area contributed by atoms with Crippen LogP contribution in [0.2, 0.25) is 0 Å². The Bertz CT molecular complexity index is 786. The van der Waals surface area contributed by atoms with Crippen LogP contribution in [0, 0.1) is 12.8 Å². The highest BCUT2D eigenvalue weighted by atomic mass is 16.5. The molecule has 3 atom stereocenters. The first-order valence-electron chi connectivity index (χ1n) is 8.89. The summed E-state index contributed by atoms with van der Waals surface area (Å²) in [5.74, 6) is 1.44. The number of rotatable bonds is 4. The minimum Gasteiger partial charge on any atom is -0.481 e. The summed E-state index contributed by atoms with van der Waals surface area (Å²) in [6, 6.07) is 4.09. The van der Waals surface area contributed by atoms with Crippen molar-refractivity contribution < 1.29 is 9.53 Å². The van der Waals surface area contributed by atoms with Crippen molar-refractivity contribution in [2.24, 2.45) is 13.0 Å². The van der Waals surface area contributed by atoms with Crippen molar-refractivity contribution in [3.63, 3.8) is 0 Å². The van der Waals surface area contributed by atoms with Gasteiger partial charge in [-0.05, 0) is 43.7 Å². The minimum atomic E-state index is 0.0753. The Hall–Kier alpha value is -2.37. The van der Waals surface area contributed by atoms with E-state index >= 15 is 0 Å². The molecule has 2 aromatic heterocycles. The van der Waals surface area contributed by atoms with Crippen LogP contribution in [0.15, 0.2) is 24.5 Å². The normalized spacial score (nSPS) is 25.2. The van der Waals surface area contributed by atoms with E-state index in [-0.39, 0.29) is 17.9 Å². The first-order valence-corrected chi connectivity index (χ1v) is 8.89. The number of amides is 1. The van der Waals surface area contributed by atoms with Gasteiger partial charge in [0.05, 0.1) is 24.4 Å². The van der Waals surface area contributed by atoms with Gasteiger partial charge >= 0.3 is 0 Å². The fourth-order valence-corrected chi connectivity index (χ4v) is 4.25. The molecule has 1 aliphatic carbocycles. The molecule has 0 radical (unpaired) electrons. The molecular formula is C19H24N4O2. The molecule has 1 saturated carbocycles. The predicted molar refractivity (Wildman–Crippen MR) is 93.3 cm³/mol. The Labute approximate surface area is 147 Å². The Morgan fingerprint density at radius 2 is 2.24 bits per heavy atom. The third kappa shape index (κ3) is 2.69. The number of likely N-dealkylation sites (tertiary alicyclic amines) is 1. The third-order valence-electron chi connectivity index (χ3n) is 5.50. The number of methoxy groups -OCH3 is 1. The number of carbonyl (C=O) groups is 1. The molecule has 0 bridgehead atoms. The van der Waals surface area contributed by atoms with E-state index < -0.39 is 0 Å². The van der Waals surface area contributed by atoms with Crippen LogP contribution < -0.4 is 4.74 Å². The van der Waals surface area contributed by atoms with Crippen molar-refractivity contribution >= 4 is 5.91 Å². The van der Waals surface area contributed by atoms with E-state index in [0.29, 0.717) is 5.92 Å². The Kier molecular flexibility index (Phi) is 3.98. The number of hydrogen-bond acceptors (Lipinski definition) is 4. The molecule has 4 rings (SSSR count). The number of aromatic nitrogens is 3. The lowest BCUT2D eigenvalue weighted by Gasteiger charge is -2.25. The van der Waals surface area contributed by atoms with Crippen molar-refractivity contribution in [3.8, 4) is 5.88 Å². The van der Waals surface area contributed by atoms with E-state index in [9.17, 15) is 4.79 Å². The number of pyridine rings is 1. The van der Waals surface area contributed by atoms with E-state index in [1.165, 1.54) is 5.56 Å². The molecule has 2 fully saturated rings. The van der Waals surface area contributed by atoms with Crippen LogP contribution in [0.5, 0.6) is 5.88 Å². The van der Waals surface area contributed by atoms with Crippen molar-refractivity contribution in [1.29, 1.82) is 0 Å². The zero-order valence-corrected chi connectivity index (χ0v) is 15.0. The van der Waals surface area contributed by atoms with Crippen LogP contribution in [0.1, 0.15) is 48.0 Å². The van der Waals surface area contributed by atoms with Gasteiger partial charge in [0.15, 0.2) is 0 Å². The highest BCUT2D eigenvalue weighted by Crippen LogP contribution is 2.50. The average Bonchev–Trinajstić information content (AvgIpc) is 3.18. The van der Waals surface area contributed by atoms with Gasteiger partial charge in [0.25, 0.3) is 0 Å². The lowest BCUT2D eigenvalue weighted by atomic mass is 10.0. The quantitative estimate of drug-likeness (QED) is 0.858. The molecule has 1 saturated heterocycles. The van der Waals surface area contributed by atoms with E-state index in [0.717, 1.165) is 42.9 Å². The zero-order valence-electron chi connectivity index (χ0n) is 15.0. The second-order valence-corrected chi connectivity index (χ2v) is 7.06. The maximum Gasteiger partial charge on any atom is 0.226 e. The number of carbonyl (C=O) groups excluding carboxylic acids is 1. The fraction of sp³-hybridized carbons (Fsp3) is 0.526. The molecule has 1 amide bonds. The fourth-order valence-electron chi connectivity index (χ4n) is 4.25. The molecule has 25 heavy (non-hydrogen) atoms. The number of aryl methyl sites for hydroxylation is 2. The summed E-state index contributed by atoms with van der Waals surface area (Å²) in [5.41, 5.74) is 3.19.